The van der Waals surface area contributed by atoms with Gasteiger partial charge in [-0.3, -0.25) is 14.5 Å². The summed E-state index contributed by atoms with van der Waals surface area (Å²) in [5, 5.41) is 20.2. The van der Waals surface area contributed by atoms with Crippen molar-refractivity contribution in [2.75, 3.05) is 19.6 Å². The predicted molar refractivity (Wildman–Crippen MR) is 98.4 cm³/mol. The molecular weight excluding hydrogens is 362 g/mol. The number of aromatic amines is 1. The van der Waals surface area contributed by atoms with E-state index in [2.05, 4.69) is 36.1 Å². The van der Waals surface area contributed by atoms with Gasteiger partial charge in [0, 0.05) is 31.6 Å². The van der Waals surface area contributed by atoms with E-state index >= 15 is 0 Å². The molecule has 3 N–H and O–H groups in total. The van der Waals surface area contributed by atoms with E-state index in [9.17, 15) is 9.59 Å². The van der Waals surface area contributed by atoms with Gasteiger partial charge in [-0.05, 0) is 39.2 Å². The van der Waals surface area contributed by atoms with Crippen molar-refractivity contribution in [3.8, 4) is 0 Å². The first-order valence-electron chi connectivity index (χ1n) is 9.69. The molecule has 2 aromatic rings. The zero-order valence-electron chi connectivity index (χ0n) is 15.9. The first kappa shape index (κ1) is 18.6. The molecule has 2 aromatic heterocycles. The van der Waals surface area contributed by atoms with Gasteiger partial charge >= 0.3 is 0 Å². The van der Waals surface area contributed by atoms with Crippen LogP contribution in [0.25, 0.3) is 0 Å². The number of fused-ring (bicyclic) bond motifs is 1. The number of amides is 2. The highest BCUT2D eigenvalue weighted by Crippen LogP contribution is 2.38. The highest BCUT2D eigenvalue weighted by atomic mass is 16.5. The van der Waals surface area contributed by atoms with Crippen molar-refractivity contribution in [2.24, 2.45) is 0 Å². The van der Waals surface area contributed by atoms with Crippen LogP contribution in [0.4, 0.5) is 0 Å². The molecule has 0 unspecified atom stereocenters. The van der Waals surface area contributed by atoms with E-state index in [1.54, 1.807) is 19.2 Å². The molecule has 0 bridgehead atoms. The predicted octanol–water partition coefficient (Wildman–Crippen LogP) is 0.187. The average Bonchev–Trinajstić information content (AvgIpc) is 3.41. The molecule has 0 radical (unpaired) electrons. The Labute approximate surface area is 162 Å². The number of carbonyl (C=O) groups is 2. The van der Waals surface area contributed by atoms with Crippen LogP contribution >= 0.6 is 0 Å². The van der Waals surface area contributed by atoms with E-state index in [-0.39, 0.29) is 23.6 Å². The number of nitrogens with one attached hydrogen (secondary N) is 3. The van der Waals surface area contributed by atoms with Crippen LogP contribution in [0.2, 0.25) is 0 Å². The minimum absolute atomic E-state index is 0.0322. The second-order valence-corrected chi connectivity index (χ2v) is 7.60. The van der Waals surface area contributed by atoms with Crippen molar-refractivity contribution in [3.05, 3.63) is 29.4 Å². The maximum atomic E-state index is 13.1. The van der Waals surface area contributed by atoms with Gasteiger partial charge in [0.2, 0.25) is 5.91 Å². The molecule has 10 heteroatoms. The van der Waals surface area contributed by atoms with Gasteiger partial charge in [0.1, 0.15) is 11.3 Å². The fraction of sp³-hybridized carbons (Fsp3) is 0.611. The van der Waals surface area contributed by atoms with E-state index in [4.69, 9.17) is 4.52 Å². The molecule has 2 atom stereocenters. The lowest BCUT2D eigenvalue weighted by Gasteiger charge is -2.40. The third-order valence-electron chi connectivity index (χ3n) is 5.65. The molecule has 2 saturated heterocycles. The van der Waals surface area contributed by atoms with Gasteiger partial charge in [-0.15, -0.1) is 0 Å². The summed E-state index contributed by atoms with van der Waals surface area (Å²) < 4.78 is 4.98. The molecule has 2 aliphatic heterocycles. The fourth-order valence-electron chi connectivity index (χ4n) is 4.32. The van der Waals surface area contributed by atoms with Crippen LogP contribution in [0.1, 0.15) is 47.6 Å². The smallest absolute Gasteiger partial charge is 0.273 e. The Balaban J connectivity index is 1.39. The quantitative estimate of drug-likeness (QED) is 0.645. The van der Waals surface area contributed by atoms with Crippen molar-refractivity contribution in [1.29, 1.82) is 0 Å². The topological polar surface area (TPSA) is 129 Å². The van der Waals surface area contributed by atoms with Gasteiger partial charge in [0.25, 0.3) is 5.91 Å². The number of aromatic nitrogens is 4. The van der Waals surface area contributed by atoms with Crippen LogP contribution in [-0.2, 0) is 11.2 Å². The summed E-state index contributed by atoms with van der Waals surface area (Å²) in [5.41, 5.74) is 0.533. The summed E-state index contributed by atoms with van der Waals surface area (Å²) in [6.07, 6.45) is 5.77. The Bertz CT molecular complexity index is 834. The first-order chi connectivity index (χ1) is 13.6. The van der Waals surface area contributed by atoms with Gasteiger partial charge in [-0.25, -0.2) is 0 Å². The van der Waals surface area contributed by atoms with Gasteiger partial charge in [-0.2, -0.15) is 15.4 Å². The molecular formula is C18H25N7O3. The average molecular weight is 387 g/mol. The summed E-state index contributed by atoms with van der Waals surface area (Å²) in [4.78, 5) is 27.7. The molecule has 2 aliphatic rings. The van der Waals surface area contributed by atoms with Crippen LogP contribution in [0.3, 0.4) is 0 Å². The van der Waals surface area contributed by atoms with E-state index in [1.807, 2.05) is 0 Å². The summed E-state index contributed by atoms with van der Waals surface area (Å²) >= 11 is 0. The number of aryl methyl sites for hydroxylation is 1. The molecule has 4 heterocycles. The molecule has 2 fully saturated rings. The van der Waals surface area contributed by atoms with E-state index in [0.717, 1.165) is 31.5 Å². The summed E-state index contributed by atoms with van der Waals surface area (Å²) in [7, 11) is 0. The minimum Gasteiger partial charge on any atom is -0.361 e. The molecule has 10 nitrogen and oxygen atoms in total. The summed E-state index contributed by atoms with van der Waals surface area (Å²) in [6.45, 7) is 3.79. The van der Waals surface area contributed by atoms with Crippen LogP contribution in [0, 0.1) is 6.92 Å². The number of hydrogen-bond donors (Lipinski definition) is 3. The third kappa shape index (κ3) is 3.64. The first-order valence-corrected chi connectivity index (χ1v) is 9.69. The number of nitrogens with zero attached hydrogens (tertiary/aromatic N) is 4. The number of rotatable bonds is 6. The molecule has 4 rings (SSSR count). The third-order valence-corrected chi connectivity index (χ3v) is 5.65. The largest absolute Gasteiger partial charge is 0.361 e. The summed E-state index contributed by atoms with van der Waals surface area (Å²) in [6, 6.07) is 1.52. The molecule has 0 aliphatic carbocycles. The van der Waals surface area contributed by atoms with Gasteiger partial charge in [0.05, 0.1) is 11.9 Å². The van der Waals surface area contributed by atoms with Crippen molar-refractivity contribution < 1.29 is 14.1 Å². The van der Waals surface area contributed by atoms with E-state index < -0.39 is 5.54 Å². The van der Waals surface area contributed by atoms with Crippen LogP contribution < -0.4 is 10.6 Å². The van der Waals surface area contributed by atoms with E-state index in [1.165, 1.54) is 0 Å². The normalized spacial score (nSPS) is 24.7. The van der Waals surface area contributed by atoms with Crippen LogP contribution in [0.5, 0.6) is 0 Å². The highest BCUT2D eigenvalue weighted by Gasteiger charge is 2.52. The maximum absolute atomic E-state index is 13.1. The highest BCUT2D eigenvalue weighted by molar-refractivity contribution is 5.93. The lowest BCUT2D eigenvalue weighted by molar-refractivity contribution is -0.133. The lowest BCUT2D eigenvalue weighted by Crippen LogP contribution is -2.57. The van der Waals surface area contributed by atoms with Gasteiger partial charge in [-0.1, -0.05) is 5.16 Å². The molecule has 0 spiro atoms. The summed E-state index contributed by atoms with van der Waals surface area (Å²) in [5.74, 6) is 0.366. The molecule has 0 saturated carbocycles. The van der Waals surface area contributed by atoms with Crippen molar-refractivity contribution >= 4 is 11.8 Å². The number of piperidine rings is 1. The van der Waals surface area contributed by atoms with Gasteiger partial charge < -0.3 is 15.2 Å². The number of carbonyl (C=O) groups excluding carboxylic acids is 2. The zero-order valence-corrected chi connectivity index (χ0v) is 15.9. The second-order valence-electron chi connectivity index (χ2n) is 7.60. The Kier molecular flexibility index (Phi) is 5.12. The van der Waals surface area contributed by atoms with Crippen LogP contribution in [-0.4, -0.2) is 68.5 Å². The Morgan fingerprint density at radius 2 is 2.32 bits per heavy atom. The number of H-pyrrole nitrogens is 1. The van der Waals surface area contributed by atoms with Crippen molar-refractivity contribution in [1.82, 2.24) is 36.1 Å². The molecule has 0 aromatic carbocycles. The Morgan fingerprint density at radius 3 is 3.07 bits per heavy atom. The molecule has 2 amide bonds. The van der Waals surface area contributed by atoms with Gasteiger partial charge in [0.15, 0.2) is 5.69 Å². The SMILES string of the molecule is Cc1cc(C(=O)N[C@@H]2CN3CCCC[C@@]3(C(=O)NCCc3cn[nH]n3)C2)no1. The second kappa shape index (κ2) is 7.70. The van der Waals surface area contributed by atoms with Crippen LogP contribution in [0.15, 0.2) is 16.8 Å². The minimum atomic E-state index is -0.556. The molecule has 150 valence electrons. The van der Waals surface area contributed by atoms with Crippen molar-refractivity contribution in [3.63, 3.8) is 0 Å². The monoisotopic (exact) mass is 387 g/mol. The Morgan fingerprint density at radius 1 is 1.43 bits per heavy atom. The fourth-order valence-corrected chi connectivity index (χ4v) is 4.32. The van der Waals surface area contributed by atoms with E-state index in [0.29, 0.717) is 31.7 Å². The number of hydrogen-bond acceptors (Lipinski definition) is 7. The lowest BCUT2D eigenvalue weighted by atomic mass is 9.84. The zero-order chi connectivity index (χ0) is 19.6. The Hall–Kier alpha value is -2.75. The van der Waals surface area contributed by atoms with Crippen molar-refractivity contribution in [2.45, 2.75) is 50.6 Å². The maximum Gasteiger partial charge on any atom is 0.273 e. The standard InChI is InChI=1S/C18H25N7O3/c1-12-8-15(23-28-12)16(26)21-14-9-18(5-2-3-7-25(18)11-14)17(27)19-6-4-13-10-20-24-22-13/h8,10,14H,2-7,9,11H2,1H3,(H,19,27)(H,21,26)(H,20,22,24)/t14-,18-/m0/s1. The molecule has 28 heavy (non-hydrogen) atoms.